The van der Waals surface area contributed by atoms with Crippen molar-refractivity contribution in [3.05, 3.63) is 90.0 Å². The summed E-state index contributed by atoms with van der Waals surface area (Å²) in [7, 11) is 1.66. The molecule has 0 amide bonds. The standard InChI is InChI=1S/C25H25NO3/c1-29-23-12-6-5-10-21(23)24(26-17-7-11-22(26)25(27)28)20-15-13-19(14-16-20)18-8-3-2-4-9-18/h2-6,8-10,12-16,22,24H,7,11,17H2,1H3,(H,27,28). The zero-order chi connectivity index (χ0) is 20.2. The van der Waals surface area contributed by atoms with Gasteiger partial charge in [-0.1, -0.05) is 72.8 Å². The van der Waals surface area contributed by atoms with Crippen LogP contribution >= 0.6 is 0 Å². The van der Waals surface area contributed by atoms with Crippen LogP contribution in [-0.2, 0) is 4.79 Å². The SMILES string of the molecule is COc1ccccc1C(c1ccc(-c2ccccc2)cc1)N1CCCC1C(=O)O. The molecule has 1 aliphatic rings. The van der Waals surface area contributed by atoms with Crippen LogP contribution in [0.4, 0.5) is 0 Å². The Balaban J connectivity index is 1.77. The lowest BCUT2D eigenvalue weighted by Gasteiger charge is -2.33. The number of nitrogens with zero attached hydrogens (tertiary/aromatic N) is 1. The first-order valence-electron chi connectivity index (χ1n) is 9.96. The molecule has 1 fully saturated rings. The lowest BCUT2D eigenvalue weighted by molar-refractivity contribution is -0.142. The number of rotatable bonds is 6. The molecule has 0 aliphatic carbocycles. The minimum atomic E-state index is -0.761. The van der Waals surface area contributed by atoms with Gasteiger partial charge < -0.3 is 9.84 Å². The van der Waals surface area contributed by atoms with Crippen molar-refractivity contribution in [2.24, 2.45) is 0 Å². The van der Waals surface area contributed by atoms with Crippen molar-refractivity contribution in [2.45, 2.75) is 24.9 Å². The first kappa shape index (κ1) is 19.2. The molecule has 2 atom stereocenters. The number of carboxylic acid groups (broad SMARTS) is 1. The fourth-order valence-electron chi connectivity index (χ4n) is 4.29. The highest BCUT2D eigenvalue weighted by atomic mass is 16.5. The Morgan fingerprint density at radius 2 is 1.62 bits per heavy atom. The smallest absolute Gasteiger partial charge is 0.320 e. The highest BCUT2D eigenvalue weighted by molar-refractivity contribution is 5.74. The summed E-state index contributed by atoms with van der Waals surface area (Å²) in [6.07, 6.45) is 1.55. The highest BCUT2D eigenvalue weighted by Gasteiger charge is 2.37. The average Bonchev–Trinajstić information content (AvgIpc) is 3.25. The third kappa shape index (κ3) is 3.89. The number of ether oxygens (including phenoxy) is 1. The third-order valence-electron chi connectivity index (χ3n) is 5.68. The van der Waals surface area contributed by atoms with Gasteiger partial charge in [0.25, 0.3) is 0 Å². The molecular weight excluding hydrogens is 362 g/mol. The number of hydrogen-bond acceptors (Lipinski definition) is 3. The third-order valence-corrected chi connectivity index (χ3v) is 5.68. The van der Waals surface area contributed by atoms with Crippen molar-refractivity contribution in [1.29, 1.82) is 0 Å². The Hall–Kier alpha value is -3.11. The summed E-state index contributed by atoms with van der Waals surface area (Å²) in [4.78, 5) is 14.0. The zero-order valence-corrected chi connectivity index (χ0v) is 16.5. The predicted molar refractivity (Wildman–Crippen MR) is 114 cm³/mol. The van der Waals surface area contributed by atoms with Crippen molar-refractivity contribution in [2.75, 3.05) is 13.7 Å². The molecule has 4 heteroatoms. The number of hydrogen-bond donors (Lipinski definition) is 1. The van der Waals surface area contributed by atoms with Gasteiger partial charge >= 0.3 is 5.97 Å². The van der Waals surface area contributed by atoms with Gasteiger partial charge in [0.05, 0.1) is 13.2 Å². The Morgan fingerprint density at radius 3 is 2.31 bits per heavy atom. The molecule has 3 aromatic rings. The summed E-state index contributed by atoms with van der Waals surface area (Å²) in [5.74, 6) is 0.0176. The Morgan fingerprint density at radius 1 is 0.966 bits per heavy atom. The van der Waals surface area contributed by atoms with Gasteiger partial charge in [-0.05, 0) is 35.6 Å². The molecule has 1 aliphatic heterocycles. The van der Waals surface area contributed by atoms with Gasteiger partial charge in [0.1, 0.15) is 11.8 Å². The fraction of sp³-hybridized carbons (Fsp3) is 0.240. The molecule has 3 aromatic carbocycles. The maximum Gasteiger partial charge on any atom is 0.320 e. The van der Waals surface area contributed by atoms with Crippen LogP contribution in [0.2, 0.25) is 0 Å². The summed E-state index contributed by atoms with van der Waals surface area (Å²) >= 11 is 0. The van der Waals surface area contributed by atoms with Crippen LogP contribution < -0.4 is 4.74 Å². The molecule has 1 saturated heterocycles. The number of likely N-dealkylation sites (tertiary alicyclic amines) is 1. The van der Waals surface area contributed by atoms with E-state index >= 15 is 0 Å². The van der Waals surface area contributed by atoms with E-state index in [0.717, 1.165) is 41.0 Å². The van der Waals surface area contributed by atoms with E-state index in [-0.39, 0.29) is 6.04 Å². The summed E-state index contributed by atoms with van der Waals surface area (Å²) < 4.78 is 5.62. The first-order chi connectivity index (χ1) is 14.2. The molecule has 2 unspecified atom stereocenters. The van der Waals surface area contributed by atoms with Crippen molar-refractivity contribution in [1.82, 2.24) is 4.90 Å². The molecule has 0 aromatic heterocycles. The van der Waals surface area contributed by atoms with Gasteiger partial charge in [-0.15, -0.1) is 0 Å². The Bertz CT molecular complexity index is 969. The maximum absolute atomic E-state index is 11.9. The maximum atomic E-state index is 11.9. The summed E-state index contributed by atoms with van der Waals surface area (Å²) in [5.41, 5.74) is 4.37. The fourth-order valence-corrected chi connectivity index (χ4v) is 4.29. The van der Waals surface area contributed by atoms with Crippen LogP contribution in [0.15, 0.2) is 78.9 Å². The quantitative estimate of drug-likeness (QED) is 0.647. The number of aliphatic carboxylic acids is 1. The molecular formula is C25H25NO3. The molecule has 1 heterocycles. The molecule has 148 valence electrons. The van der Waals surface area contributed by atoms with Crippen molar-refractivity contribution >= 4 is 5.97 Å². The van der Waals surface area contributed by atoms with Gasteiger partial charge in [0, 0.05) is 12.1 Å². The zero-order valence-electron chi connectivity index (χ0n) is 16.5. The second-order valence-corrected chi connectivity index (χ2v) is 7.37. The van der Waals surface area contributed by atoms with Gasteiger partial charge in [-0.3, -0.25) is 9.69 Å². The minimum Gasteiger partial charge on any atom is -0.496 e. The van der Waals surface area contributed by atoms with E-state index in [1.807, 2.05) is 42.5 Å². The van der Waals surface area contributed by atoms with E-state index in [1.54, 1.807) is 7.11 Å². The highest BCUT2D eigenvalue weighted by Crippen LogP contribution is 2.39. The van der Waals surface area contributed by atoms with Gasteiger partial charge in [0.2, 0.25) is 0 Å². The number of methoxy groups -OCH3 is 1. The van der Waals surface area contributed by atoms with Crippen LogP contribution in [0.5, 0.6) is 5.75 Å². The van der Waals surface area contributed by atoms with Gasteiger partial charge in [-0.2, -0.15) is 0 Å². The van der Waals surface area contributed by atoms with Gasteiger partial charge in [0.15, 0.2) is 0 Å². The summed E-state index contributed by atoms with van der Waals surface area (Å²) in [6, 6.07) is 25.9. The minimum absolute atomic E-state index is 0.167. The van der Waals surface area contributed by atoms with Crippen LogP contribution in [-0.4, -0.2) is 35.7 Å². The summed E-state index contributed by atoms with van der Waals surface area (Å²) in [6.45, 7) is 0.750. The lowest BCUT2D eigenvalue weighted by Crippen LogP contribution is -2.39. The second-order valence-electron chi connectivity index (χ2n) is 7.37. The van der Waals surface area contributed by atoms with Crippen molar-refractivity contribution in [3.63, 3.8) is 0 Å². The molecule has 4 nitrogen and oxygen atoms in total. The van der Waals surface area contributed by atoms with E-state index in [2.05, 4.69) is 41.3 Å². The number of benzene rings is 3. The molecule has 1 N–H and O–H groups in total. The molecule has 0 bridgehead atoms. The molecule has 0 radical (unpaired) electrons. The van der Waals surface area contributed by atoms with E-state index < -0.39 is 12.0 Å². The van der Waals surface area contributed by atoms with E-state index in [0.29, 0.717) is 6.42 Å². The monoisotopic (exact) mass is 387 g/mol. The van der Waals surface area contributed by atoms with Crippen LogP contribution in [0.1, 0.15) is 30.0 Å². The molecule has 29 heavy (non-hydrogen) atoms. The molecule has 0 saturated carbocycles. The second kappa shape index (κ2) is 8.50. The van der Waals surface area contributed by atoms with E-state index in [1.165, 1.54) is 0 Å². The topological polar surface area (TPSA) is 49.8 Å². The number of carboxylic acids is 1. The number of carbonyl (C=O) groups is 1. The van der Waals surface area contributed by atoms with E-state index in [4.69, 9.17) is 4.74 Å². The average molecular weight is 387 g/mol. The first-order valence-corrected chi connectivity index (χ1v) is 9.96. The van der Waals surface area contributed by atoms with Crippen LogP contribution in [0.25, 0.3) is 11.1 Å². The summed E-state index contributed by atoms with van der Waals surface area (Å²) in [5, 5.41) is 9.77. The van der Waals surface area contributed by atoms with Crippen molar-refractivity contribution in [3.8, 4) is 16.9 Å². The van der Waals surface area contributed by atoms with E-state index in [9.17, 15) is 9.90 Å². The largest absolute Gasteiger partial charge is 0.496 e. The molecule has 4 rings (SSSR count). The predicted octanol–water partition coefficient (Wildman–Crippen LogP) is 5.00. The molecule has 0 spiro atoms. The van der Waals surface area contributed by atoms with Crippen LogP contribution in [0, 0.1) is 0 Å². The lowest BCUT2D eigenvalue weighted by atomic mass is 9.93. The normalized spacial score (nSPS) is 17.8. The number of para-hydroxylation sites is 1. The van der Waals surface area contributed by atoms with Crippen LogP contribution in [0.3, 0.4) is 0 Å². The van der Waals surface area contributed by atoms with Gasteiger partial charge in [-0.25, -0.2) is 0 Å². The Labute approximate surface area is 171 Å². The Kier molecular flexibility index (Phi) is 5.63. The van der Waals surface area contributed by atoms with Crippen molar-refractivity contribution < 1.29 is 14.6 Å².